The molecule has 0 unspecified atom stereocenters. The van der Waals surface area contributed by atoms with E-state index in [1.54, 1.807) is 22.9 Å². The number of hydrogen-bond acceptors (Lipinski definition) is 4. The Hall–Kier alpha value is -2.01. The summed E-state index contributed by atoms with van der Waals surface area (Å²) in [4.78, 5) is 19.7. The maximum atomic E-state index is 12.5. The summed E-state index contributed by atoms with van der Waals surface area (Å²) < 4.78 is 0. The van der Waals surface area contributed by atoms with Gasteiger partial charge in [-0.3, -0.25) is 9.78 Å². The molecule has 1 amide bonds. The van der Waals surface area contributed by atoms with E-state index >= 15 is 0 Å². The summed E-state index contributed by atoms with van der Waals surface area (Å²) in [5, 5.41) is 10.9. The van der Waals surface area contributed by atoms with E-state index in [0.29, 0.717) is 18.7 Å². The number of rotatable bonds is 8. The number of phenolic OH excluding ortho intramolecular Hbond substituents is 1. The van der Waals surface area contributed by atoms with Gasteiger partial charge in [0, 0.05) is 54.3 Å². The third-order valence-electron chi connectivity index (χ3n) is 5.36. The van der Waals surface area contributed by atoms with Crippen LogP contribution < -0.4 is 0 Å². The van der Waals surface area contributed by atoms with Crippen LogP contribution in [0.3, 0.4) is 0 Å². The van der Waals surface area contributed by atoms with Crippen molar-refractivity contribution in [3.8, 4) is 5.75 Å². The van der Waals surface area contributed by atoms with Gasteiger partial charge in [0.1, 0.15) is 5.75 Å². The van der Waals surface area contributed by atoms with Crippen LogP contribution in [0.25, 0.3) is 0 Å². The lowest BCUT2D eigenvalue weighted by Gasteiger charge is -2.28. The number of likely N-dealkylation sites (N-methyl/N-ethyl adjacent to an activating group) is 1. The highest BCUT2D eigenvalue weighted by Crippen LogP contribution is 2.41. The van der Waals surface area contributed by atoms with Crippen molar-refractivity contribution in [3.05, 3.63) is 53.3 Å². The predicted octanol–water partition coefficient (Wildman–Crippen LogP) is 5.96. The second kappa shape index (κ2) is 10.5. The number of pyridine rings is 1. The molecule has 0 bridgehead atoms. The first kappa shape index (κ1) is 25.3. The molecule has 0 aliphatic carbocycles. The van der Waals surface area contributed by atoms with E-state index in [1.165, 1.54) is 0 Å². The Balaban J connectivity index is 1.92. The highest BCUT2D eigenvalue weighted by atomic mass is 32.2. The third kappa shape index (κ3) is 7.57. The number of benzene rings is 1. The molecule has 1 N–H and O–H groups in total. The molecular weight excluding hydrogens is 404 g/mol. The summed E-state index contributed by atoms with van der Waals surface area (Å²) in [6.07, 6.45) is 3.93. The zero-order valence-electron chi connectivity index (χ0n) is 20.2. The summed E-state index contributed by atoms with van der Waals surface area (Å²) in [7, 11) is 1.86. The van der Waals surface area contributed by atoms with Crippen molar-refractivity contribution in [2.75, 3.05) is 19.3 Å². The number of aromatic nitrogens is 1. The minimum Gasteiger partial charge on any atom is -0.507 e. The highest BCUT2D eigenvalue weighted by molar-refractivity contribution is 7.99. The number of phenols is 1. The number of nitrogens with zero attached hydrogens (tertiary/aromatic N) is 2. The summed E-state index contributed by atoms with van der Waals surface area (Å²) in [5.74, 6) is 1.46. The second-order valence-corrected chi connectivity index (χ2v) is 11.4. The number of thioether (sulfide) groups is 1. The Kier molecular flexibility index (Phi) is 8.58. The van der Waals surface area contributed by atoms with Crippen LogP contribution in [0.4, 0.5) is 0 Å². The highest BCUT2D eigenvalue weighted by Gasteiger charge is 2.26. The lowest BCUT2D eigenvalue weighted by molar-refractivity contribution is -0.129. The zero-order valence-corrected chi connectivity index (χ0v) is 21.0. The molecule has 170 valence electrons. The smallest absolute Gasteiger partial charge is 0.222 e. The molecule has 2 rings (SSSR count). The van der Waals surface area contributed by atoms with Gasteiger partial charge in [-0.25, -0.2) is 0 Å². The van der Waals surface area contributed by atoms with E-state index in [9.17, 15) is 9.90 Å². The van der Waals surface area contributed by atoms with Gasteiger partial charge in [0.2, 0.25) is 5.91 Å². The van der Waals surface area contributed by atoms with Gasteiger partial charge < -0.3 is 10.0 Å². The summed E-state index contributed by atoms with van der Waals surface area (Å²) in [5.41, 5.74) is 2.70. The number of aromatic hydroxyl groups is 1. The molecule has 0 radical (unpaired) electrons. The first-order valence-electron chi connectivity index (χ1n) is 11.0. The third-order valence-corrected chi connectivity index (χ3v) is 6.42. The van der Waals surface area contributed by atoms with Crippen molar-refractivity contribution in [2.24, 2.45) is 0 Å². The molecule has 0 fully saturated rings. The van der Waals surface area contributed by atoms with Gasteiger partial charge >= 0.3 is 0 Å². The average molecular weight is 443 g/mol. The standard InChI is InChI=1S/C26H38N2O2S/c1-25(2,3)21-17-20(18-22(24(21)30)26(4,5)6)31-16-10-12-23(29)28(7)15-13-19-11-8-9-14-27-19/h8-9,11,14,17-18,30H,10,12-13,15-16H2,1-7H3. The molecule has 0 saturated carbocycles. The summed E-state index contributed by atoms with van der Waals surface area (Å²) in [6, 6.07) is 10.1. The summed E-state index contributed by atoms with van der Waals surface area (Å²) in [6.45, 7) is 13.4. The van der Waals surface area contributed by atoms with E-state index < -0.39 is 0 Å². The molecule has 0 saturated heterocycles. The van der Waals surface area contributed by atoms with Gasteiger partial charge in [-0.15, -0.1) is 11.8 Å². The zero-order chi connectivity index (χ0) is 23.2. The Labute approximate surface area is 192 Å². The molecule has 4 nitrogen and oxygen atoms in total. The molecular formula is C26H38N2O2S. The van der Waals surface area contributed by atoms with E-state index in [4.69, 9.17) is 0 Å². The van der Waals surface area contributed by atoms with E-state index in [-0.39, 0.29) is 16.7 Å². The average Bonchev–Trinajstić information content (AvgIpc) is 2.69. The Bertz CT molecular complexity index is 832. The number of carbonyl (C=O) groups is 1. The normalized spacial score (nSPS) is 12.1. The fraction of sp³-hybridized carbons (Fsp3) is 0.538. The van der Waals surface area contributed by atoms with Crippen molar-refractivity contribution in [3.63, 3.8) is 0 Å². The molecule has 5 heteroatoms. The van der Waals surface area contributed by atoms with Gasteiger partial charge in [0.05, 0.1) is 0 Å². The van der Waals surface area contributed by atoms with Crippen molar-refractivity contribution in [1.82, 2.24) is 9.88 Å². The fourth-order valence-corrected chi connectivity index (χ4v) is 4.32. The van der Waals surface area contributed by atoms with Crippen LogP contribution in [0.15, 0.2) is 41.4 Å². The van der Waals surface area contributed by atoms with Crippen LogP contribution in [0.5, 0.6) is 5.75 Å². The molecule has 1 heterocycles. The van der Waals surface area contributed by atoms with E-state index in [1.807, 2.05) is 25.2 Å². The molecule has 0 aliphatic heterocycles. The Morgan fingerprint density at radius 3 is 2.19 bits per heavy atom. The van der Waals surface area contributed by atoms with Crippen LogP contribution in [0.1, 0.15) is 71.2 Å². The lowest BCUT2D eigenvalue weighted by Crippen LogP contribution is -2.28. The largest absolute Gasteiger partial charge is 0.507 e. The SMILES string of the molecule is CN(CCc1ccccn1)C(=O)CCCSc1cc(C(C)(C)C)c(O)c(C(C)(C)C)c1. The predicted molar refractivity (Wildman–Crippen MR) is 131 cm³/mol. The van der Waals surface area contributed by atoms with Crippen LogP contribution in [-0.2, 0) is 22.0 Å². The molecule has 1 aromatic heterocycles. The fourth-order valence-electron chi connectivity index (χ4n) is 3.39. The van der Waals surface area contributed by atoms with E-state index in [2.05, 4.69) is 58.7 Å². The minimum atomic E-state index is -0.132. The Morgan fingerprint density at radius 1 is 1.06 bits per heavy atom. The van der Waals surface area contributed by atoms with Crippen LogP contribution in [-0.4, -0.2) is 40.2 Å². The van der Waals surface area contributed by atoms with Crippen LogP contribution >= 0.6 is 11.8 Å². The maximum Gasteiger partial charge on any atom is 0.222 e. The molecule has 0 aliphatic rings. The minimum absolute atomic E-state index is 0.132. The van der Waals surface area contributed by atoms with Gasteiger partial charge in [-0.05, 0) is 47.3 Å². The number of amides is 1. The molecule has 0 atom stereocenters. The van der Waals surface area contributed by atoms with Crippen LogP contribution in [0.2, 0.25) is 0 Å². The van der Waals surface area contributed by atoms with E-state index in [0.717, 1.165) is 40.3 Å². The molecule has 1 aromatic carbocycles. The van der Waals surface area contributed by atoms with Crippen molar-refractivity contribution >= 4 is 17.7 Å². The van der Waals surface area contributed by atoms with Crippen molar-refractivity contribution in [1.29, 1.82) is 0 Å². The van der Waals surface area contributed by atoms with Crippen LogP contribution in [0, 0.1) is 0 Å². The molecule has 2 aromatic rings. The van der Waals surface area contributed by atoms with Gasteiger partial charge in [0.15, 0.2) is 0 Å². The lowest BCUT2D eigenvalue weighted by atomic mass is 9.79. The van der Waals surface area contributed by atoms with Gasteiger partial charge in [-0.2, -0.15) is 0 Å². The summed E-state index contributed by atoms with van der Waals surface area (Å²) >= 11 is 1.76. The number of hydrogen-bond donors (Lipinski definition) is 1. The Morgan fingerprint density at radius 2 is 1.68 bits per heavy atom. The second-order valence-electron chi connectivity index (χ2n) is 10.2. The quantitative estimate of drug-likeness (QED) is 0.405. The maximum absolute atomic E-state index is 12.5. The topological polar surface area (TPSA) is 53.4 Å². The van der Waals surface area contributed by atoms with Crippen molar-refractivity contribution in [2.45, 2.75) is 76.5 Å². The molecule has 0 spiro atoms. The molecule has 31 heavy (non-hydrogen) atoms. The van der Waals surface area contributed by atoms with Gasteiger partial charge in [0.25, 0.3) is 0 Å². The first-order valence-corrected chi connectivity index (χ1v) is 12.0. The number of carbonyl (C=O) groups excluding carboxylic acids is 1. The van der Waals surface area contributed by atoms with Gasteiger partial charge in [-0.1, -0.05) is 47.6 Å². The monoisotopic (exact) mass is 442 g/mol. The first-order chi connectivity index (χ1) is 14.4. The van der Waals surface area contributed by atoms with Crippen molar-refractivity contribution < 1.29 is 9.90 Å².